The van der Waals surface area contributed by atoms with E-state index in [0.717, 1.165) is 30.9 Å². The normalized spacial score (nSPS) is 32.7. The van der Waals surface area contributed by atoms with Crippen LogP contribution in [-0.2, 0) is 4.79 Å². The van der Waals surface area contributed by atoms with Crippen molar-refractivity contribution in [3.63, 3.8) is 0 Å². The van der Waals surface area contributed by atoms with Crippen molar-refractivity contribution in [1.82, 2.24) is 9.80 Å². The Morgan fingerprint density at radius 1 is 0.971 bits per heavy atom. The van der Waals surface area contributed by atoms with Crippen LogP contribution in [-0.4, -0.2) is 57.4 Å². The van der Waals surface area contributed by atoms with Crippen LogP contribution in [0.1, 0.15) is 113 Å². The molecular weight excluding hydrogens is 436 g/mol. The fourth-order valence-electron chi connectivity index (χ4n) is 7.81. The largest absolute Gasteiger partial charge is 0.382 e. The topological polar surface area (TPSA) is 60.9 Å². The zero-order valence-corrected chi connectivity index (χ0v) is 21.8. The lowest BCUT2D eigenvalue weighted by atomic mass is 9.71. The van der Waals surface area contributed by atoms with Crippen molar-refractivity contribution in [2.24, 2.45) is 11.8 Å². The number of aliphatic hydroxyl groups is 1. The first kappa shape index (κ1) is 25.0. The number of rotatable bonds is 7. The van der Waals surface area contributed by atoms with Crippen molar-refractivity contribution in [3.8, 4) is 0 Å². The van der Waals surface area contributed by atoms with Gasteiger partial charge in [0, 0.05) is 36.2 Å². The smallest absolute Gasteiger partial charge is 0.253 e. The van der Waals surface area contributed by atoms with Crippen molar-refractivity contribution in [3.05, 3.63) is 35.4 Å². The van der Waals surface area contributed by atoms with Crippen LogP contribution in [0, 0.1) is 11.8 Å². The molecule has 2 heterocycles. The van der Waals surface area contributed by atoms with Gasteiger partial charge in [0.05, 0.1) is 0 Å². The molecule has 192 valence electrons. The summed E-state index contributed by atoms with van der Waals surface area (Å²) in [5, 5.41) is 10.2. The molecule has 1 aromatic rings. The summed E-state index contributed by atoms with van der Waals surface area (Å²) in [6.45, 7) is 7.02. The molecule has 4 unspecified atom stereocenters. The number of ketones is 1. The van der Waals surface area contributed by atoms with Crippen LogP contribution in [0.25, 0.3) is 0 Å². The first-order valence-corrected chi connectivity index (χ1v) is 14.3. The fourth-order valence-corrected chi connectivity index (χ4v) is 7.81. The molecule has 0 bridgehead atoms. The van der Waals surface area contributed by atoms with Crippen LogP contribution in [0.5, 0.6) is 0 Å². The second-order valence-electron chi connectivity index (χ2n) is 11.8. The van der Waals surface area contributed by atoms with E-state index in [9.17, 15) is 14.7 Å². The summed E-state index contributed by atoms with van der Waals surface area (Å²) in [6, 6.07) is 8.91. The van der Waals surface area contributed by atoms with Crippen molar-refractivity contribution >= 4 is 11.7 Å². The molecule has 4 fully saturated rings. The second-order valence-corrected chi connectivity index (χ2v) is 11.8. The number of fused-ring (bicyclic) bond motifs is 1. The molecule has 2 saturated heterocycles. The average molecular weight is 481 g/mol. The third kappa shape index (κ3) is 4.59. The van der Waals surface area contributed by atoms with Crippen molar-refractivity contribution in [1.29, 1.82) is 0 Å². The highest BCUT2D eigenvalue weighted by atomic mass is 16.3. The Balaban J connectivity index is 1.26. The molecule has 1 amide bonds. The van der Waals surface area contributed by atoms with E-state index < -0.39 is 5.60 Å². The molecule has 5 heteroatoms. The van der Waals surface area contributed by atoms with E-state index in [1.54, 1.807) is 0 Å². The van der Waals surface area contributed by atoms with Gasteiger partial charge in [-0.15, -0.1) is 0 Å². The SMILES string of the molecule is CCCC12CCCCC1CC(c1ccc(C(=O)N3CCCC(C(=O)C4(O)CC4)CC3)cc1)N2CC. The fraction of sp³-hybridized carbons (Fsp3) is 0.733. The molecule has 0 aromatic heterocycles. The van der Waals surface area contributed by atoms with Gasteiger partial charge >= 0.3 is 0 Å². The molecule has 2 aliphatic heterocycles. The Morgan fingerprint density at radius 2 is 1.74 bits per heavy atom. The molecular formula is C30H44N2O3. The molecule has 2 aliphatic carbocycles. The minimum atomic E-state index is -1.06. The zero-order chi connectivity index (χ0) is 24.6. The predicted molar refractivity (Wildman–Crippen MR) is 138 cm³/mol. The van der Waals surface area contributed by atoms with E-state index in [2.05, 4.69) is 30.9 Å². The summed E-state index contributed by atoms with van der Waals surface area (Å²) in [5.74, 6) is 0.771. The molecule has 5 nitrogen and oxygen atoms in total. The molecule has 0 radical (unpaired) electrons. The number of carbonyl (C=O) groups is 2. The first-order valence-electron chi connectivity index (χ1n) is 14.3. The molecule has 5 rings (SSSR count). The van der Waals surface area contributed by atoms with Gasteiger partial charge in [0.25, 0.3) is 5.91 Å². The van der Waals surface area contributed by atoms with E-state index in [1.807, 2.05) is 17.0 Å². The van der Waals surface area contributed by atoms with Gasteiger partial charge in [0.2, 0.25) is 0 Å². The van der Waals surface area contributed by atoms with Crippen LogP contribution in [0.15, 0.2) is 24.3 Å². The number of hydrogen-bond donors (Lipinski definition) is 1. The third-order valence-corrected chi connectivity index (χ3v) is 9.76. The van der Waals surface area contributed by atoms with Crippen LogP contribution >= 0.6 is 0 Å². The molecule has 1 aromatic carbocycles. The standard InChI is InChI=1S/C30H44N2O3/c1-3-15-29-16-6-5-9-25(29)21-26(32(29)4-2)22-10-12-24(13-11-22)28(34)31-19-7-8-23(14-20-31)27(33)30(35)17-18-30/h10-13,23,25-26,35H,3-9,14-21H2,1-2H3. The summed E-state index contributed by atoms with van der Waals surface area (Å²) < 4.78 is 0. The number of hydrogen-bond acceptors (Lipinski definition) is 4. The van der Waals surface area contributed by atoms with E-state index in [-0.39, 0.29) is 17.6 Å². The van der Waals surface area contributed by atoms with Crippen molar-refractivity contribution in [2.75, 3.05) is 19.6 Å². The van der Waals surface area contributed by atoms with E-state index in [4.69, 9.17) is 0 Å². The maximum Gasteiger partial charge on any atom is 0.253 e. The first-order chi connectivity index (χ1) is 16.9. The maximum absolute atomic E-state index is 13.3. The number of carbonyl (C=O) groups excluding carboxylic acids is 2. The lowest BCUT2D eigenvalue weighted by Crippen LogP contribution is -2.49. The monoisotopic (exact) mass is 480 g/mol. The molecule has 4 atom stereocenters. The maximum atomic E-state index is 13.3. The molecule has 4 aliphatic rings. The number of benzene rings is 1. The quantitative estimate of drug-likeness (QED) is 0.558. The zero-order valence-electron chi connectivity index (χ0n) is 21.8. The highest BCUT2D eigenvalue weighted by molar-refractivity contribution is 5.94. The summed E-state index contributed by atoms with van der Waals surface area (Å²) >= 11 is 0. The summed E-state index contributed by atoms with van der Waals surface area (Å²) in [4.78, 5) is 30.6. The van der Waals surface area contributed by atoms with E-state index in [1.165, 1.54) is 50.5 Å². The van der Waals surface area contributed by atoms with Crippen LogP contribution in [0.3, 0.4) is 0 Å². The van der Waals surface area contributed by atoms with Crippen LogP contribution < -0.4 is 0 Å². The highest BCUT2D eigenvalue weighted by Crippen LogP contribution is 2.55. The molecule has 2 saturated carbocycles. The minimum Gasteiger partial charge on any atom is -0.382 e. The Labute approximate surface area is 211 Å². The van der Waals surface area contributed by atoms with Gasteiger partial charge in [-0.05, 0) is 87.9 Å². The highest BCUT2D eigenvalue weighted by Gasteiger charge is 2.53. The summed E-state index contributed by atoms with van der Waals surface area (Å²) in [5.41, 5.74) is 1.42. The van der Waals surface area contributed by atoms with Gasteiger partial charge in [-0.25, -0.2) is 0 Å². The van der Waals surface area contributed by atoms with Gasteiger partial charge in [-0.1, -0.05) is 45.2 Å². The lowest BCUT2D eigenvalue weighted by Gasteiger charge is -2.46. The lowest BCUT2D eigenvalue weighted by molar-refractivity contribution is -0.133. The number of nitrogens with zero attached hydrogens (tertiary/aromatic N) is 2. The third-order valence-electron chi connectivity index (χ3n) is 9.76. The summed E-state index contributed by atoms with van der Waals surface area (Å²) in [7, 11) is 0. The van der Waals surface area contributed by atoms with Gasteiger partial charge < -0.3 is 10.0 Å². The van der Waals surface area contributed by atoms with Crippen molar-refractivity contribution < 1.29 is 14.7 Å². The number of Topliss-reactive ketones (excluding diaryl/α,β-unsaturated/α-hetero) is 1. The van der Waals surface area contributed by atoms with E-state index in [0.29, 0.717) is 43.9 Å². The average Bonchev–Trinajstić information content (AvgIpc) is 3.60. The van der Waals surface area contributed by atoms with Gasteiger partial charge in [-0.2, -0.15) is 0 Å². The number of likely N-dealkylation sites (tertiary alicyclic amines) is 2. The molecule has 35 heavy (non-hydrogen) atoms. The Morgan fingerprint density at radius 3 is 2.43 bits per heavy atom. The van der Waals surface area contributed by atoms with E-state index >= 15 is 0 Å². The second kappa shape index (κ2) is 9.97. The Hall–Kier alpha value is -1.72. The minimum absolute atomic E-state index is 0.00889. The number of amides is 1. The predicted octanol–water partition coefficient (Wildman–Crippen LogP) is 5.52. The Kier molecular flexibility index (Phi) is 7.11. The molecule has 1 N–H and O–H groups in total. The van der Waals surface area contributed by atoms with Gasteiger partial charge in [0.15, 0.2) is 5.78 Å². The van der Waals surface area contributed by atoms with Gasteiger partial charge in [-0.3, -0.25) is 14.5 Å². The van der Waals surface area contributed by atoms with Crippen molar-refractivity contribution in [2.45, 2.75) is 108 Å². The van der Waals surface area contributed by atoms with Crippen LogP contribution in [0.4, 0.5) is 0 Å². The van der Waals surface area contributed by atoms with Gasteiger partial charge in [0.1, 0.15) is 5.60 Å². The summed E-state index contributed by atoms with van der Waals surface area (Å²) in [6.07, 6.45) is 12.7. The Bertz CT molecular complexity index is 920. The molecule has 0 spiro atoms. The van der Waals surface area contributed by atoms with Crippen LogP contribution in [0.2, 0.25) is 0 Å².